The lowest BCUT2D eigenvalue weighted by atomic mass is 9.86. The number of rotatable bonds is 7. The molecule has 1 N–H and O–H groups in total. The third kappa shape index (κ3) is 8.59. The summed E-state index contributed by atoms with van der Waals surface area (Å²) < 4.78 is 34.6. The first kappa shape index (κ1) is 30.7. The van der Waals surface area contributed by atoms with Crippen molar-refractivity contribution in [3.63, 3.8) is 0 Å². The Bertz CT molecular complexity index is 1430. The van der Waals surface area contributed by atoms with Gasteiger partial charge in [-0.2, -0.15) is 0 Å². The quantitative estimate of drug-likeness (QED) is 0.383. The Morgan fingerprint density at radius 1 is 0.950 bits per heavy atom. The molecular weight excluding hydrogens is 532 g/mol. The first-order valence-electron chi connectivity index (χ1n) is 12.8. The predicted molar refractivity (Wildman–Crippen MR) is 151 cm³/mol. The standard InChI is InChI=1S/C29H36N4O6S/c1-20(34)39-33(27(35)38-29(5,6)7)25-12-10-11-23(31-25)24(32-40(36,37)26-13-8-9-18-30-26)19-21-14-16-22(17-15-21)28(2,3)4/h8-18,24,32H,19H2,1-7H3. The Morgan fingerprint density at radius 2 is 1.62 bits per heavy atom. The van der Waals surface area contributed by atoms with E-state index in [4.69, 9.17) is 9.57 Å². The summed E-state index contributed by atoms with van der Waals surface area (Å²) in [6.07, 6.45) is 0.689. The summed E-state index contributed by atoms with van der Waals surface area (Å²) in [5.41, 5.74) is 1.37. The molecule has 0 aliphatic carbocycles. The molecule has 1 aromatic carbocycles. The number of carbonyl (C=O) groups excluding carboxylic acids is 2. The second-order valence-corrected chi connectivity index (χ2v) is 12.9. The highest BCUT2D eigenvalue weighted by atomic mass is 32.2. The number of aromatic nitrogens is 2. The molecule has 0 aliphatic heterocycles. The number of hydroxylamine groups is 1. The van der Waals surface area contributed by atoms with Crippen LogP contribution in [0.3, 0.4) is 0 Å². The van der Waals surface area contributed by atoms with Crippen molar-refractivity contribution < 1.29 is 27.6 Å². The van der Waals surface area contributed by atoms with Gasteiger partial charge in [-0.05, 0) is 68.0 Å². The number of sulfonamides is 1. The van der Waals surface area contributed by atoms with Gasteiger partial charge in [0, 0.05) is 13.1 Å². The Balaban J connectivity index is 2.03. The van der Waals surface area contributed by atoms with Gasteiger partial charge < -0.3 is 9.57 Å². The molecule has 0 saturated carbocycles. The first-order chi connectivity index (χ1) is 18.5. The molecule has 3 aromatic rings. The lowest BCUT2D eigenvalue weighted by Crippen LogP contribution is -2.39. The molecule has 0 saturated heterocycles. The minimum atomic E-state index is -4.04. The van der Waals surface area contributed by atoms with Gasteiger partial charge in [-0.15, -0.1) is 0 Å². The number of nitrogens with one attached hydrogen (secondary N) is 1. The molecule has 0 radical (unpaired) electrons. The van der Waals surface area contributed by atoms with Crippen LogP contribution in [0.2, 0.25) is 0 Å². The summed E-state index contributed by atoms with van der Waals surface area (Å²) in [5.74, 6) is -0.809. The molecule has 10 nitrogen and oxygen atoms in total. The number of hydrogen-bond acceptors (Lipinski definition) is 8. The first-order valence-corrected chi connectivity index (χ1v) is 14.2. The molecule has 1 atom stereocenters. The van der Waals surface area contributed by atoms with Crippen LogP contribution in [-0.4, -0.2) is 36.0 Å². The van der Waals surface area contributed by atoms with Gasteiger partial charge in [0.05, 0.1) is 11.7 Å². The number of hydrogen-bond donors (Lipinski definition) is 1. The van der Waals surface area contributed by atoms with Crippen molar-refractivity contribution in [2.75, 3.05) is 5.06 Å². The summed E-state index contributed by atoms with van der Waals surface area (Å²) >= 11 is 0. The molecular formula is C29H36N4O6S. The lowest BCUT2D eigenvalue weighted by molar-refractivity contribution is -0.142. The van der Waals surface area contributed by atoms with Crippen molar-refractivity contribution >= 4 is 27.9 Å². The van der Waals surface area contributed by atoms with E-state index in [1.807, 2.05) is 24.3 Å². The topological polar surface area (TPSA) is 128 Å². The molecule has 0 spiro atoms. The number of nitrogens with zero attached hydrogens (tertiary/aromatic N) is 3. The van der Waals surface area contributed by atoms with Gasteiger partial charge in [-0.25, -0.2) is 32.7 Å². The second-order valence-electron chi connectivity index (χ2n) is 11.3. The summed E-state index contributed by atoms with van der Waals surface area (Å²) in [5, 5.41) is 0.508. The van der Waals surface area contributed by atoms with Crippen molar-refractivity contribution in [2.45, 2.75) is 77.0 Å². The fourth-order valence-electron chi connectivity index (χ4n) is 3.69. The molecule has 1 amide bonds. The number of benzene rings is 1. The van der Waals surface area contributed by atoms with Crippen LogP contribution < -0.4 is 9.79 Å². The Kier molecular flexibility index (Phi) is 9.32. The van der Waals surface area contributed by atoms with Gasteiger partial charge in [0.15, 0.2) is 10.8 Å². The molecule has 0 bridgehead atoms. The highest BCUT2D eigenvalue weighted by Gasteiger charge is 2.29. The zero-order valence-corrected chi connectivity index (χ0v) is 24.7. The average molecular weight is 569 g/mol. The number of anilines is 1. The maximum absolute atomic E-state index is 13.3. The van der Waals surface area contributed by atoms with E-state index in [0.717, 1.165) is 18.1 Å². The van der Waals surface area contributed by atoms with E-state index >= 15 is 0 Å². The number of ether oxygens (including phenoxy) is 1. The summed E-state index contributed by atoms with van der Waals surface area (Å²) in [4.78, 5) is 38.3. The second kappa shape index (κ2) is 12.1. The summed E-state index contributed by atoms with van der Waals surface area (Å²) in [6.45, 7) is 12.5. The van der Waals surface area contributed by atoms with Crippen LogP contribution in [0, 0.1) is 0 Å². The Labute approximate surface area is 235 Å². The lowest BCUT2D eigenvalue weighted by Gasteiger charge is -2.26. The van der Waals surface area contributed by atoms with Gasteiger partial charge >= 0.3 is 12.1 Å². The Hall–Kier alpha value is -3.83. The molecule has 214 valence electrons. The van der Waals surface area contributed by atoms with Crippen LogP contribution in [0.15, 0.2) is 71.9 Å². The number of carbonyl (C=O) groups is 2. The van der Waals surface area contributed by atoms with E-state index in [1.54, 1.807) is 45.0 Å². The van der Waals surface area contributed by atoms with Crippen LogP contribution in [0.25, 0.3) is 0 Å². The van der Waals surface area contributed by atoms with Crippen LogP contribution in [-0.2, 0) is 36.2 Å². The normalized spacial score (nSPS) is 12.9. The molecule has 40 heavy (non-hydrogen) atoms. The fraction of sp³-hybridized carbons (Fsp3) is 0.379. The largest absolute Gasteiger partial charge is 0.450 e. The van der Waals surface area contributed by atoms with Crippen LogP contribution in [0.1, 0.15) is 71.3 Å². The van der Waals surface area contributed by atoms with Gasteiger partial charge in [-0.1, -0.05) is 62.2 Å². The maximum atomic E-state index is 13.3. The number of amides is 1. The fourth-order valence-corrected chi connectivity index (χ4v) is 4.85. The Morgan fingerprint density at radius 3 is 2.17 bits per heavy atom. The summed E-state index contributed by atoms with van der Waals surface area (Å²) in [6, 6.07) is 16.3. The monoisotopic (exact) mass is 568 g/mol. The molecule has 3 rings (SSSR count). The van der Waals surface area contributed by atoms with Crippen molar-refractivity contribution in [3.8, 4) is 0 Å². The van der Waals surface area contributed by atoms with Gasteiger partial charge in [0.25, 0.3) is 10.0 Å². The zero-order valence-electron chi connectivity index (χ0n) is 23.8. The van der Waals surface area contributed by atoms with Gasteiger partial charge in [0.1, 0.15) is 5.60 Å². The molecule has 0 aliphatic rings. The minimum Gasteiger partial charge on any atom is -0.441 e. The van der Waals surface area contributed by atoms with E-state index in [2.05, 4.69) is 35.5 Å². The molecule has 2 heterocycles. The third-order valence-electron chi connectivity index (χ3n) is 5.57. The smallest absolute Gasteiger partial charge is 0.441 e. The molecule has 2 aromatic heterocycles. The van der Waals surface area contributed by atoms with E-state index in [0.29, 0.717) is 5.06 Å². The maximum Gasteiger partial charge on any atom is 0.450 e. The van der Waals surface area contributed by atoms with E-state index in [-0.39, 0.29) is 28.4 Å². The van der Waals surface area contributed by atoms with Crippen LogP contribution in [0.4, 0.5) is 10.6 Å². The highest BCUT2D eigenvalue weighted by molar-refractivity contribution is 7.89. The average Bonchev–Trinajstić information content (AvgIpc) is 2.86. The van der Waals surface area contributed by atoms with Gasteiger partial charge in [0.2, 0.25) is 0 Å². The molecule has 0 fully saturated rings. The SMILES string of the molecule is CC(=O)ON(C(=O)OC(C)(C)C)c1cccc(C(Cc2ccc(C(C)(C)C)cc2)NS(=O)(=O)c2ccccn2)n1. The van der Waals surface area contributed by atoms with Crippen LogP contribution >= 0.6 is 0 Å². The number of pyridine rings is 2. The van der Waals surface area contributed by atoms with Crippen molar-refractivity contribution in [2.24, 2.45) is 0 Å². The molecule has 1 unspecified atom stereocenters. The third-order valence-corrected chi connectivity index (χ3v) is 6.96. The molecule has 11 heteroatoms. The van der Waals surface area contributed by atoms with Crippen molar-refractivity contribution in [1.82, 2.24) is 14.7 Å². The van der Waals surface area contributed by atoms with Crippen molar-refractivity contribution in [1.29, 1.82) is 0 Å². The van der Waals surface area contributed by atoms with E-state index in [9.17, 15) is 18.0 Å². The van der Waals surface area contributed by atoms with Crippen molar-refractivity contribution in [3.05, 3.63) is 83.7 Å². The highest BCUT2D eigenvalue weighted by Crippen LogP contribution is 2.26. The van der Waals surface area contributed by atoms with E-state index in [1.165, 1.54) is 18.3 Å². The minimum absolute atomic E-state index is 0.0454. The zero-order chi connectivity index (χ0) is 29.7. The van der Waals surface area contributed by atoms with Crippen LogP contribution in [0.5, 0.6) is 0 Å². The predicted octanol–water partition coefficient (Wildman–Crippen LogP) is 5.26. The van der Waals surface area contributed by atoms with Gasteiger partial charge in [-0.3, -0.25) is 0 Å². The summed E-state index contributed by atoms with van der Waals surface area (Å²) in [7, 11) is -4.04. The van der Waals surface area contributed by atoms with E-state index < -0.39 is 33.7 Å².